The average molecular weight is 333 g/mol. The molecular formula is C13H20NO7P. The fraction of sp³-hybridized carbons (Fsp3) is 0.538. The Labute approximate surface area is 129 Å². The highest BCUT2D eigenvalue weighted by atomic mass is 31.2. The van der Waals surface area contributed by atoms with Crippen LogP contribution in [0.4, 0.5) is 5.69 Å². The van der Waals surface area contributed by atoms with Crippen molar-refractivity contribution in [3.63, 3.8) is 0 Å². The van der Waals surface area contributed by atoms with Gasteiger partial charge in [-0.25, -0.2) is 0 Å². The van der Waals surface area contributed by atoms with Gasteiger partial charge in [0.05, 0.1) is 31.3 Å². The summed E-state index contributed by atoms with van der Waals surface area (Å²) in [4.78, 5) is 10.4. The van der Waals surface area contributed by atoms with Gasteiger partial charge in [0.15, 0.2) is 5.85 Å². The van der Waals surface area contributed by atoms with Gasteiger partial charge in [0.2, 0.25) is 0 Å². The Morgan fingerprint density at radius 1 is 1.18 bits per heavy atom. The Bertz CT molecular complexity index is 553. The molecule has 22 heavy (non-hydrogen) atoms. The van der Waals surface area contributed by atoms with Gasteiger partial charge in [-0.3, -0.25) is 14.7 Å². The maximum atomic E-state index is 12.8. The molecule has 0 aliphatic rings. The van der Waals surface area contributed by atoms with Crippen molar-refractivity contribution in [3.05, 3.63) is 33.9 Å². The van der Waals surface area contributed by atoms with Crippen LogP contribution in [0.25, 0.3) is 0 Å². The summed E-state index contributed by atoms with van der Waals surface area (Å²) >= 11 is 0. The van der Waals surface area contributed by atoms with E-state index in [4.69, 9.17) is 18.5 Å². The number of nitrogens with zero attached hydrogens (tertiary/aromatic N) is 1. The summed E-state index contributed by atoms with van der Waals surface area (Å²) in [7, 11) is -0.914. The molecule has 1 rings (SSSR count). The number of benzene rings is 1. The second-order valence-corrected chi connectivity index (χ2v) is 6.25. The number of hydrogen-bond acceptors (Lipinski definition) is 7. The summed E-state index contributed by atoms with van der Waals surface area (Å²) in [5.41, 5.74) is 0.0923. The topological polar surface area (TPSA) is 97.1 Å². The van der Waals surface area contributed by atoms with E-state index in [1.165, 1.54) is 32.4 Å². The van der Waals surface area contributed by atoms with Crippen LogP contribution in [0.3, 0.4) is 0 Å². The number of ether oxygens (including phenoxy) is 2. The van der Waals surface area contributed by atoms with E-state index in [9.17, 15) is 14.7 Å². The van der Waals surface area contributed by atoms with Crippen LogP contribution >= 0.6 is 7.60 Å². The molecule has 0 fully saturated rings. The summed E-state index contributed by atoms with van der Waals surface area (Å²) in [6.45, 7) is 3.66. The fourth-order valence-electron chi connectivity index (χ4n) is 1.95. The molecule has 0 aromatic heterocycles. The van der Waals surface area contributed by atoms with Gasteiger partial charge in [-0.2, -0.15) is 0 Å². The largest absolute Gasteiger partial charge is 0.496 e. The van der Waals surface area contributed by atoms with Crippen LogP contribution in [0.5, 0.6) is 5.75 Å². The van der Waals surface area contributed by atoms with E-state index >= 15 is 0 Å². The molecule has 0 bridgehead atoms. The maximum absolute atomic E-state index is 12.8. The van der Waals surface area contributed by atoms with Gasteiger partial charge < -0.3 is 18.5 Å². The molecule has 0 radical (unpaired) electrons. The van der Waals surface area contributed by atoms with Crippen molar-refractivity contribution in [1.29, 1.82) is 0 Å². The van der Waals surface area contributed by atoms with E-state index in [-0.39, 0.29) is 24.7 Å². The molecular weight excluding hydrogens is 313 g/mol. The number of rotatable bonds is 9. The van der Waals surface area contributed by atoms with Crippen molar-refractivity contribution >= 4 is 13.3 Å². The summed E-state index contributed by atoms with van der Waals surface area (Å²) in [6.07, 6.45) is 0. The maximum Gasteiger partial charge on any atom is 0.363 e. The minimum Gasteiger partial charge on any atom is -0.496 e. The number of methoxy groups -OCH3 is 2. The third kappa shape index (κ3) is 4.27. The predicted molar refractivity (Wildman–Crippen MR) is 80.3 cm³/mol. The van der Waals surface area contributed by atoms with E-state index in [0.29, 0.717) is 5.56 Å². The van der Waals surface area contributed by atoms with Gasteiger partial charge in [-0.1, -0.05) is 0 Å². The first-order chi connectivity index (χ1) is 10.4. The first-order valence-electron chi connectivity index (χ1n) is 6.66. The Morgan fingerprint density at radius 2 is 1.77 bits per heavy atom. The molecule has 124 valence electrons. The molecule has 0 N–H and O–H groups in total. The summed E-state index contributed by atoms with van der Waals surface area (Å²) in [6, 6.07) is 4.04. The molecule has 1 atom stereocenters. The molecule has 1 unspecified atom stereocenters. The molecule has 0 heterocycles. The van der Waals surface area contributed by atoms with E-state index < -0.39 is 18.4 Å². The lowest BCUT2D eigenvalue weighted by atomic mass is 10.2. The van der Waals surface area contributed by atoms with Crippen LogP contribution in [0, 0.1) is 10.1 Å². The molecule has 0 saturated carbocycles. The number of nitro groups is 1. The Hall–Kier alpha value is -1.47. The second-order valence-electron chi connectivity index (χ2n) is 4.18. The smallest absolute Gasteiger partial charge is 0.363 e. The lowest BCUT2D eigenvalue weighted by molar-refractivity contribution is -0.385. The molecule has 0 amide bonds. The minimum absolute atomic E-state index is 0.156. The van der Waals surface area contributed by atoms with E-state index in [1.807, 2.05) is 0 Å². The minimum atomic E-state index is -3.63. The van der Waals surface area contributed by atoms with Crippen LogP contribution in [-0.2, 0) is 18.3 Å². The first-order valence-corrected chi connectivity index (χ1v) is 8.28. The molecule has 9 heteroatoms. The molecule has 8 nitrogen and oxygen atoms in total. The van der Waals surface area contributed by atoms with E-state index in [0.717, 1.165) is 0 Å². The highest BCUT2D eigenvalue weighted by Crippen LogP contribution is 2.61. The van der Waals surface area contributed by atoms with Crippen molar-refractivity contribution in [2.75, 3.05) is 27.4 Å². The SMILES string of the molecule is CCOP(=O)(OCC)C(OC)c1cc(OC)cc([N+](=O)[O-])c1. The van der Waals surface area contributed by atoms with Crippen molar-refractivity contribution in [2.24, 2.45) is 0 Å². The monoisotopic (exact) mass is 333 g/mol. The average Bonchev–Trinajstić information content (AvgIpc) is 2.47. The Morgan fingerprint density at radius 3 is 2.18 bits per heavy atom. The zero-order valence-corrected chi connectivity index (χ0v) is 13.9. The van der Waals surface area contributed by atoms with Crippen molar-refractivity contribution in [1.82, 2.24) is 0 Å². The number of non-ortho nitro benzene ring substituents is 1. The first kappa shape index (κ1) is 18.6. The number of hydrogen-bond donors (Lipinski definition) is 0. The highest BCUT2D eigenvalue weighted by molar-refractivity contribution is 7.54. The highest BCUT2D eigenvalue weighted by Gasteiger charge is 2.38. The molecule has 1 aromatic rings. The van der Waals surface area contributed by atoms with E-state index in [1.54, 1.807) is 13.8 Å². The van der Waals surface area contributed by atoms with E-state index in [2.05, 4.69) is 0 Å². The lowest BCUT2D eigenvalue weighted by Gasteiger charge is -2.25. The van der Waals surface area contributed by atoms with Gasteiger partial charge in [-0.15, -0.1) is 0 Å². The Kier molecular flexibility index (Phi) is 6.96. The van der Waals surface area contributed by atoms with Crippen LogP contribution in [0.15, 0.2) is 18.2 Å². The van der Waals surface area contributed by atoms with Crippen LogP contribution < -0.4 is 4.74 Å². The molecule has 1 aromatic carbocycles. The predicted octanol–water partition coefficient (Wildman–Crippen LogP) is 3.51. The fourth-order valence-corrected chi connectivity index (χ4v) is 3.79. The van der Waals surface area contributed by atoms with Gasteiger partial charge >= 0.3 is 7.60 Å². The lowest BCUT2D eigenvalue weighted by Crippen LogP contribution is -2.09. The molecule has 0 aliphatic heterocycles. The van der Waals surface area contributed by atoms with Crippen LogP contribution in [0.1, 0.15) is 25.3 Å². The zero-order valence-electron chi connectivity index (χ0n) is 13.0. The van der Waals surface area contributed by atoms with Gasteiger partial charge in [0.25, 0.3) is 5.69 Å². The normalized spacial score (nSPS) is 12.9. The number of nitro benzene ring substituents is 1. The van der Waals surface area contributed by atoms with Gasteiger partial charge in [-0.05, 0) is 19.9 Å². The Balaban J connectivity index is 3.36. The van der Waals surface area contributed by atoms with Crippen LogP contribution in [-0.4, -0.2) is 32.4 Å². The van der Waals surface area contributed by atoms with Crippen molar-refractivity contribution in [2.45, 2.75) is 19.7 Å². The molecule has 0 aliphatic carbocycles. The van der Waals surface area contributed by atoms with Crippen molar-refractivity contribution in [3.8, 4) is 5.75 Å². The van der Waals surface area contributed by atoms with Crippen LogP contribution in [0.2, 0.25) is 0 Å². The summed E-state index contributed by atoms with van der Waals surface area (Å²) in [5, 5.41) is 11.0. The molecule has 0 saturated heterocycles. The third-order valence-corrected chi connectivity index (χ3v) is 5.09. The second kappa shape index (κ2) is 8.24. The standard InChI is InChI=1S/C13H20NO7P/c1-5-20-22(17,21-6-2)13(19-4)10-7-11(14(15)16)9-12(8-10)18-3/h7-9,13H,5-6H2,1-4H3. The zero-order chi connectivity index (χ0) is 16.8. The quantitative estimate of drug-likeness (QED) is 0.387. The summed E-state index contributed by atoms with van der Waals surface area (Å²) in [5.74, 6) is -0.827. The van der Waals surface area contributed by atoms with Gasteiger partial charge in [0, 0.05) is 18.7 Å². The van der Waals surface area contributed by atoms with Crippen molar-refractivity contribution < 1.29 is 28.0 Å². The third-order valence-electron chi connectivity index (χ3n) is 2.77. The van der Waals surface area contributed by atoms with Gasteiger partial charge in [0.1, 0.15) is 5.75 Å². The molecule has 0 spiro atoms. The summed E-state index contributed by atoms with van der Waals surface area (Å²) < 4.78 is 33.6.